The van der Waals surface area contributed by atoms with Crippen molar-refractivity contribution < 1.29 is 4.74 Å². The molecule has 0 aliphatic rings. The molecule has 0 saturated carbocycles. The van der Waals surface area contributed by atoms with Crippen LogP contribution < -0.4 is 5.32 Å². The van der Waals surface area contributed by atoms with Crippen molar-refractivity contribution in [2.45, 2.75) is 39.8 Å². The van der Waals surface area contributed by atoms with Crippen molar-refractivity contribution in [2.24, 2.45) is 0 Å². The Labute approximate surface area is 126 Å². The van der Waals surface area contributed by atoms with Gasteiger partial charge in [-0.05, 0) is 30.0 Å². The van der Waals surface area contributed by atoms with Crippen LogP contribution in [-0.4, -0.2) is 17.1 Å². The molecule has 1 heterocycles. The third kappa shape index (κ3) is 4.53. The van der Waals surface area contributed by atoms with Gasteiger partial charge in [-0.1, -0.05) is 38.1 Å². The van der Waals surface area contributed by atoms with Gasteiger partial charge in [0.2, 0.25) is 5.95 Å². The Morgan fingerprint density at radius 1 is 1.14 bits per heavy atom. The number of methoxy groups -OCH3 is 1. The highest BCUT2D eigenvalue weighted by Gasteiger charge is 2.05. The number of hydrogen-bond donors (Lipinski definition) is 1. The molecule has 0 aliphatic heterocycles. The van der Waals surface area contributed by atoms with Gasteiger partial charge in [-0.2, -0.15) is 0 Å². The van der Waals surface area contributed by atoms with Crippen LogP contribution >= 0.6 is 0 Å². The van der Waals surface area contributed by atoms with Gasteiger partial charge in [0.05, 0.1) is 6.61 Å². The lowest BCUT2D eigenvalue weighted by atomic mass is 10.1. The van der Waals surface area contributed by atoms with Gasteiger partial charge in [0.25, 0.3) is 0 Å². The lowest BCUT2D eigenvalue weighted by Gasteiger charge is -2.10. The summed E-state index contributed by atoms with van der Waals surface area (Å²) in [5.41, 5.74) is 4.42. The molecule has 0 spiro atoms. The van der Waals surface area contributed by atoms with Crippen LogP contribution in [0.5, 0.6) is 0 Å². The van der Waals surface area contributed by atoms with Gasteiger partial charge in [0.1, 0.15) is 0 Å². The number of anilines is 1. The summed E-state index contributed by atoms with van der Waals surface area (Å²) in [5, 5.41) is 3.30. The topological polar surface area (TPSA) is 47.0 Å². The first-order valence-corrected chi connectivity index (χ1v) is 7.24. The molecular formula is C17H23N3O. The summed E-state index contributed by atoms with van der Waals surface area (Å²) in [6.45, 7) is 7.61. The fourth-order valence-corrected chi connectivity index (χ4v) is 2.14. The van der Waals surface area contributed by atoms with Crippen LogP contribution in [0, 0.1) is 6.92 Å². The molecule has 0 unspecified atom stereocenters. The molecular weight excluding hydrogens is 262 g/mol. The van der Waals surface area contributed by atoms with Crippen molar-refractivity contribution in [1.82, 2.24) is 9.97 Å². The maximum Gasteiger partial charge on any atom is 0.223 e. The minimum absolute atomic E-state index is 0.400. The zero-order valence-corrected chi connectivity index (χ0v) is 13.2. The Balaban J connectivity index is 2.07. The van der Waals surface area contributed by atoms with Gasteiger partial charge >= 0.3 is 0 Å². The molecule has 1 aromatic heterocycles. The average molecular weight is 285 g/mol. The minimum atomic E-state index is 0.400. The second kappa shape index (κ2) is 7.18. The van der Waals surface area contributed by atoms with E-state index in [2.05, 4.69) is 47.3 Å². The van der Waals surface area contributed by atoms with Crippen molar-refractivity contribution >= 4 is 5.95 Å². The van der Waals surface area contributed by atoms with E-state index in [4.69, 9.17) is 4.74 Å². The highest BCUT2D eigenvalue weighted by molar-refractivity contribution is 5.32. The van der Waals surface area contributed by atoms with E-state index in [9.17, 15) is 0 Å². The van der Waals surface area contributed by atoms with E-state index in [-0.39, 0.29) is 0 Å². The summed E-state index contributed by atoms with van der Waals surface area (Å²) in [4.78, 5) is 9.00. The van der Waals surface area contributed by atoms with Gasteiger partial charge in [-0.25, -0.2) is 9.97 Å². The summed E-state index contributed by atoms with van der Waals surface area (Å²) in [5.74, 6) is 1.09. The Hall–Kier alpha value is -1.94. The summed E-state index contributed by atoms with van der Waals surface area (Å²) in [6, 6.07) is 10.4. The summed E-state index contributed by atoms with van der Waals surface area (Å²) < 4.78 is 5.16. The van der Waals surface area contributed by atoms with Crippen molar-refractivity contribution in [1.29, 1.82) is 0 Å². The number of aryl methyl sites for hydroxylation is 1. The second-order valence-electron chi connectivity index (χ2n) is 5.52. The highest BCUT2D eigenvalue weighted by Crippen LogP contribution is 2.15. The summed E-state index contributed by atoms with van der Waals surface area (Å²) in [7, 11) is 1.71. The molecule has 0 radical (unpaired) electrons. The van der Waals surface area contributed by atoms with E-state index < -0.39 is 0 Å². The summed E-state index contributed by atoms with van der Waals surface area (Å²) in [6.07, 6.45) is 0. The fraction of sp³-hybridized carbons (Fsp3) is 0.412. The second-order valence-corrected chi connectivity index (χ2v) is 5.52. The molecule has 1 N–H and O–H groups in total. The monoisotopic (exact) mass is 285 g/mol. The predicted molar refractivity (Wildman–Crippen MR) is 85.3 cm³/mol. The zero-order valence-electron chi connectivity index (χ0n) is 13.2. The number of ether oxygens (including phenoxy) is 1. The largest absolute Gasteiger partial charge is 0.380 e. The van der Waals surface area contributed by atoms with Crippen LogP contribution in [-0.2, 0) is 17.9 Å². The molecule has 4 heteroatoms. The van der Waals surface area contributed by atoms with Crippen molar-refractivity contribution in [3.63, 3.8) is 0 Å². The number of aromatic nitrogens is 2. The van der Waals surface area contributed by atoms with Crippen LogP contribution in [0.25, 0.3) is 0 Å². The molecule has 1 aromatic carbocycles. The van der Waals surface area contributed by atoms with E-state index in [1.54, 1.807) is 7.11 Å². The molecule has 0 saturated heterocycles. The molecule has 4 nitrogen and oxygen atoms in total. The average Bonchev–Trinajstić information content (AvgIpc) is 2.45. The van der Waals surface area contributed by atoms with Gasteiger partial charge < -0.3 is 10.1 Å². The van der Waals surface area contributed by atoms with E-state index in [1.165, 1.54) is 11.1 Å². The molecule has 0 fully saturated rings. The van der Waals surface area contributed by atoms with Gasteiger partial charge in [-0.3, -0.25) is 0 Å². The van der Waals surface area contributed by atoms with Gasteiger partial charge in [0, 0.05) is 25.0 Å². The fourth-order valence-electron chi connectivity index (χ4n) is 2.14. The number of nitrogens with zero attached hydrogens (tertiary/aromatic N) is 2. The highest BCUT2D eigenvalue weighted by atomic mass is 16.5. The van der Waals surface area contributed by atoms with E-state index in [0.29, 0.717) is 25.0 Å². The Morgan fingerprint density at radius 2 is 1.90 bits per heavy atom. The first-order valence-electron chi connectivity index (χ1n) is 7.24. The predicted octanol–water partition coefficient (Wildman–Crippen LogP) is 3.67. The van der Waals surface area contributed by atoms with Crippen molar-refractivity contribution in [3.05, 3.63) is 52.8 Å². The van der Waals surface area contributed by atoms with Crippen LogP contribution in [0.3, 0.4) is 0 Å². The minimum Gasteiger partial charge on any atom is -0.380 e. The SMILES string of the molecule is COCc1cccc(CNc2nc(C)cc(C(C)C)n2)c1. The van der Waals surface area contributed by atoms with Crippen molar-refractivity contribution in [2.75, 3.05) is 12.4 Å². The van der Waals surface area contributed by atoms with E-state index in [0.717, 1.165) is 11.4 Å². The van der Waals surface area contributed by atoms with Crippen molar-refractivity contribution in [3.8, 4) is 0 Å². The maximum absolute atomic E-state index is 5.16. The Morgan fingerprint density at radius 3 is 2.62 bits per heavy atom. The van der Waals surface area contributed by atoms with E-state index in [1.807, 2.05) is 19.1 Å². The van der Waals surface area contributed by atoms with Crippen LogP contribution in [0.4, 0.5) is 5.95 Å². The standard InChI is InChI=1S/C17H23N3O/c1-12(2)16-8-13(3)19-17(20-16)18-10-14-6-5-7-15(9-14)11-21-4/h5-9,12H,10-11H2,1-4H3,(H,18,19,20). The number of benzene rings is 1. The van der Waals surface area contributed by atoms with E-state index >= 15 is 0 Å². The molecule has 2 rings (SSSR count). The normalized spacial score (nSPS) is 10.9. The maximum atomic E-state index is 5.16. The molecule has 0 aliphatic carbocycles. The number of rotatable bonds is 6. The first-order chi connectivity index (χ1) is 10.1. The van der Waals surface area contributed by atoms with Gasteiger partial charge in [0.15, 0.2) is 0 Å². The Kier molecular flexibility index (Phi) is 5.28. The Bertz CT molecular complexity index is 596. The molecule has 21 heavy (non-hydrogen) atoms. The lowest BCUT2D eigenvalue weighted by Crippen LogP contribution is -2.07. The molecule has 2 aromatic rings. The molecule has 112 valence electrons. The summed E-state index contributed by atoms with van der Waals surface area (Å²) >= 11 is 0. The smallest absolute Gasteiger partial charge is 0.223 e. The van der Waals surface area contributed by atoms with Crippen LogP contribution in [0.2, 0.25) is 0 Å². The quantitative estimate of drug-likeness (QED) is 0.879. The van der Waals surface area contributed by atoms with Crippen LogP contribution in [0.15, 0.2) is 30.3 Å². The molecule has 0 amide bonds. The molecule has 0 atom stereocenters. The third-order valence-electron chi connectivity index (χ3n) is 3.22. The first kappa shape index (κ1) is 15.4. The number of hydrogen-bond acceptors (Lipinski definition) is 4. The zero-order chi connectivity index (χ0) is 15.2. The molecule has 0 bridgehead atoms. The third-order valence-corrected chi connectivity index (χ3v) is 3.22. The number of nitrogens with one attached hydrogen (secondary N) is 1. The lowest BCUT2D eigenvalue weighted by molar-refractivity contribution is 0.185. The van der Waals surface area contributed by atoms with Crippen LogP contribution in [0.1, 0.15) is 42.3 Å². The van der Waals surface area contributed by atoms with Gasteiger partial charge in [-0.15, -0.1) is 0 Å².